The van der Waals surface area contributed by atoms with Crippen molar-refractivity contribution >= 4 is 34.6 Å². The number of methoxy groups -OCH3 is 1. The van der Waals surface area contributed by atoms with E-state index in [1.807, 2.05) is 13.8 Å². The number of anilines is 1. The molecular formula is C25H29F2N7O4. The van der Waals surface area contributed by atoms with Gasteiger partial charge in [0.05, 0.1) is 24.2 Å². The number of aromatic amines is 1. The van der Waals surface area contributed by atoms with Crippen LogP contribution >= 0.6 is 0 Å². The molecule has 0 aliphatic carbocycles. The molecule has 2 aromatic heterocycles. The highest BCUT2D eigenvalue weighted by Crippen LogP contribution is 2.40. The maximum Gasteiger partial charge on any atom is 0.269 e. The minimum absolute atomic E-state index is 0.0586. The molecule has 6 N–H and O–H groups in total. The summed E-state index contributed by atoms with van der Waals surface area (Å²) in [4.78, 5) is 51.2. The van der Waals surface area contributed by atoms with E-state index in [0.29, 0.717) is 24.3 Å². The Morgan fingerprint density at radius 2 is 2.00 bits per heavy atom. The molecule has 0 bridgehead atoms. The number of carbonyl (C=O) groups excluding carboxylic acids is 3. The quantitative estimate of drug-likeness (QED) is 0.347. The number of nitrogens with zero attached hydrogens (tertiary/aromatic N) is 3. The van der Waals surface area contributed by atoms with Gasteiger partial charge in [0.25, 0.3) is 11.8 Å². The summed E-state index contributed by atoms with van der Waals surface area (Å²) < 4.78 is 33.2. The lowest BCUT2D eigenvalue weighted by Crippen LogP contribution is -2.32. The summed E-state index contributed by atoms with van der Waals surface area (Å²) in [5.74, 6) is -3.93. The number of nitrogens with one attached hydrogen (secondary N) is 2. The number of carbonyl (C=O) groups is 3. The number of rotatable bonds is 8. The molecule has 3 amide bonds. The van der Waals surface area contributed by atoms with Gasteiger partial charge in [0.15, 0.2) is 17.3 Å². The van der Waals surface area contributed by atoms with E-state index in [0.717, 1.165) is 13.2 Å². The molecule has 0 spiro atoms. The van der Waals surface area contributed by atoms with Gasteiger partial charge in [-0.05, 0) is 30.4 Å². The van der Waals surface area contributed by atoms with Crippen LogP contribution in [0.4, 0.5) is 14.6 Å². The molecule has 3 heterocycles. The normalized spacial score (nSPS) is 17.3. The molecule has 1 aliphatic heterocycles. The number of fused-ring (bicyclic) bond motifs is 1. The Morgan fingerprint density at radius 3 is 2.63 bits per heavy atom. The third-order valence-electron chi connectivity index (χ3n) is 6.70. The molecule has 202 valence electrons. The van der Waals surface area contributed by atoms with Crippen LogP contribution in [0, 0.1) is 23.5 Å². The average molecular weight is 530 g/mol. The fraction of sp³-hybridized carbons (Fsp3) is 0.400. The van der Waals surface area contributed by atoms with Crippen LogP contribution in [0.25, 0.3) is 11.0 Å². The fourth-order valence-corrected chi connectivity index (χ4v) is 4.65. The summed E-state index contributed by atoms with van der Waals surface area (Å²) in [5, 5.41) is 2.57. The predicted molar refractivity (Wildman–Crippen MR) is 134 cm³/mol. The van der Waals surface area contributed by atoms with Crippen molar-refractivity contribution in [1.82, 2.24) is 19.9 Å². The summed E-state index contributed by atoms with van der Waals surface area (Å²) in [6, 6.07) is 2.98. The van der Waals surface area contributed by atoms with E-state index in [9.17, 15) is 23.2 Å². The van der Waals surface area contributed by atoms with Crippen LogP contribution < -0.4 is 21.5 Å². The Balaban J connectivity index is 1.78. The maximum atomic E-state index is 14.4. The van der Waals surface area contributed by atoms with Gasteiger partial charge in [-0.2, -0.15) is 4.39 Å². The van der Waals surface area contributed by atoms with E-state index >= 15 is 0 Å². The van der Waals surface area contributed by atoms with E-state index in [2.05, 4.69) is 20.3 Å². The highest BCUT2D eigenvalue weighted by atomic mass is 19.2. The SMILES string of the molecule is COc1c(C(=O)N2C[C@@H](C(C)C)CC2c2nc3c(C(N)=O)nc(NC(=O)CCN)cc3[nH]2)ccc(F)c1F. The highest BCUT2D eigenvalue weighted by Gasteiger charge is 2.40. The number of H-pyrrole nitrogens is 1. The van der Waals surface area contributed by atoms with Gasteiger partial charge >= 0.3 is 0 Å². The lowest BCUT2D eigenvalue weighted by molar-refractivity contribution is -0.116. The molecule has 0 saturated carbocycles. The van der Waals surface area contributed by atoms with Gasteiger partial charge in [0, 0.05) is 25.6 Å². The van der Waals surface area contributed by atoms with Crippen LogP contribution in [0.5, 0.6) is 5.75 Å². The average Bonchev–Trinajstić information content (AvgIpc) is 3.49. The first-order valence-corrected chi connectivity index (χ1v) is 12.1. The van der Waals surface area contributed by atoms with Gasteiger partial charge in [0.2, 0.25) is 11.7 Å². The maximum absolute atomic E-state index is 14.4. The van der Waals surface area contributed by atoms with Crippen LogP contribution in [0.1, 0.15) is 59.4 Å². The Morgan fingerprint density at radius 1 is 1.26 bits per heavy atom. The van der Waals surface area contributed by atoms with E-state index in [1.54, 1.807) is 0 Å². The predicted octanol–water partition coefficient (Wildman–Crippen LogP) is 2.49. The number of hydrogen-bond donors (Lipinski definition) is 4. The smallest absolute Gasteiger partial charge is 0.269 e. The minimum atomic E-state index is -1.25. The molecule has 13 heteroatoms. The van der Waals surface area contributed by atoms with Crippen molar-refractivity contribution < 1.29 is 27.9 Å². The summed E-state index contributed by atoms with van der Waals surface area (Å²) >= 11 is 0. The Hall–Kier alpha value is -4.13. The van der Waals surface area contributed by atoms with Crippen molar-refractivity contribution in [3.05, 3.63) is 46.9 Å². The first-order valence-electron chi connectivity index (χ1n) is 12.1. The highest BCUT2D eigenvalue weighted by molar-refractivity contribution is 6.04. The van der Waals surface area contributed by atoms with Gasteiger partial charge in [0.1, 0.15) is 17.2 Å². The van der Waals surface area contributed by atoms with Crippen LogP contribution in [0.2, 0.25) is 0 Å². The van der Waals surface area contributed by atoms with Crippen LogP contribution in [-0.2, 0) is 4.79 Å². The van der Waals surface area contributed by atoms with Crippen LogP contribution in [-0.4, -0.2) is 57.8 Å². The monoisotopic (exact) mass is 529 g/mol. The second-order valence-electron chi connectivity index (χ2n) is 9.48. The van der Waals surface area contributed by atoms with Crippen LogP contribution in [0.15, 0.2) is 18.2 Å². The van der Waals surface area contributed by atoms with Crippen molar-refractivity contribution in [2.24, 2.45) is 23.3 Å². The zero-order valence-corrected chi connectivity index (χ0v) is 21.2. The largest absolute Gasteiger partial charge is 0.493 e. The number of halogens is 2. The van der Waals surface area contributed by atoms with Crippen LogP contribution in [0.3, 0.4) is 0 Å². The topological polar surface area (TPSA) is 169 Å². The lowest BCUT2D eigenvalue weighted by Gasteiger charge is -2.24. The zero-order chi connectivity index (χ0) is 27.7. The van der Waals surface area contributed by atoms with Crippen molar-refractivity contribution in [2.45, 2.75) is 32.7 Å². The molecule has 1 fully saturated rings. The van der Waals surface area contributed by atoms with E-state index in [-0.39, 0.29) is 53.3 Å². The number of ether oxygens (including phenoxy) is 1. The zero-order valence-electron chi connectivity index (χ0n) is 21.2. The van der Waals surface area contributed by atoms with Gasteiger partial charge in [-0.25, -0.2) is 14.4 Å². The molecule has 3 aromatic rings. The van der Waals surface area contributed by atoms with E-state index in [4.69, 9.17) is 16.2 Å². The summed E-state index contributed by atoms with van der Waals surface area (Å²) in [6.07, 6.45) is 0.581. The van der Waals surface area contributed by atoms with Crippen molar-refractivity contribution in [3.63, 3.8) is 0 Å². The molecule has 1 unspecified atom stereocenters. The van der Waals surface area contributed by atoms with Gasteiger partial charge in [-0.1, -0.05) is 13.8 Å². The number of aromatic nitrogens is 3. The Labute approximate surface area is 216 Å². The van der Waals surface area contributed by atoms with Crippen molar-refractivity contribution in [2.75, 3.05) is 25.5 Å². The molecule has 11 nitrogen and oxygen atoms in total. The number of primary amides is 1. The summed E-state index contributed by atoms with van der Waals surface area (Å²) in [7, 11) is 1.16. The molecule has 1 saturated heterocycles. The number of benzene rings is 1. The molecule has 2 atom stereocenters. The number of hydrogen-bond acceptors (Lipinski definition) is 7. The molecule has 1 aliphatic rings. The third kappa shape index (κ3) is 5.01. The number of pyridine rings is 1. The second-order valence-corrected chi connectivity index (χ2v) is 9.48. The van der Waals surface area contributed by atoms with E-state index in [1.165, 1.54) is 17.0 Å². The summed E-state index contributed by atoms with van der Waals surface area (Å²) in [5.41, 5.74) is 11.2. The Kier molecular flexibility index (Phi) is 7.58. The first kappa shape index (κ1) is 26.9. The molecular weight excluding hydrogens is 500 g/mol. The molecule has 0 radical (unpaired) electrons. The molecule has 1 aromatic carbocycles. The first-order chi connectivity index (χ1) is 18.0. The molecule has 4 rings (SSSR count). The standard InChI is InChI=1S/C25H29F2N7O4/c1-11(2)12-8-16(34(10-12)25(37)13-4-5-14(26)19(27)22(13)38-3)24-30-15-9-17(31-18(35)6-7-28)32-21(23(29)36)20(15)33-24/h4-5,9,11-12,16H,6-8,10,28H2,1-3H3,(H2,29,36)(H,30,33)(H,31,32,35)/t12-,16?/m0/s1. The number of imidazole rings is 1. The third-order valence-corrected chi connectivity index (χ3v) is 6.70. The van der Waals surface area contributed by atoms with E-state index < -0.39 is 35.2 Å². The van der Waals surface area contributed by atoms with Gasteiger partial charge in [-0.3, -0.25) is 14.4 Å². The van der Waals surface area contributed by atoms with Crippen molar-refractivity contribution in [1.29, 1.82) is 0 Å². The Bertz CT molecular complexity index is 1410. The lowest BCUT2D eigenvalue weighted by atomic mass is 9.93. The number of amides is 3. The van der Waals surface area contributed by atoms with Gasteiger partial charge in [-0.15, -0.1) is 0 Å². The number of nitrogens with two attached hydrogens (primary N) is 2. The fourth-order valence-electron chi connectivity index (χ4n) is 4.65. The minimum Gasteiger partial charge on any atom is -0.493 e. The van der Waals surface area contributed by atoms with Crippen molar-refractivity contribution in [3.8, 4) is 5.75 Å². The number of likely N-dealkylation sites (tertiary alicyclic amines) is 1. The second kappa shape index (κ2) is 10.7. The summed E-state index contributed by atoms with van der Waals surface area (Å²) in [6.45, 7) is 4.52. The molecule has 38 heavy (non-hydrogen) atoms. The van der Waals surface area contributed by atoms with Gasteiger partial charge < -0.3 is 31.4 Å².